The first-order valence-electron chi connectivity index (χ1n) is 7.04. The summed E-state index contributed by atoms with van der Waals surface area (Å²) in [6, 6.07) is 9.17. The lowest BCUT2D eigenvalue weighted by Gasteiger charge is -2.40. The van der Waals surface area contributed by atoms with Gasteiger partial charge in [-0.3, -0.25) is 0 Å². The fourth-order valence-corrected chi connectivity index (χ4v) is 3.33. The maximum Gasteiger partial charge on any atom is 0.318 e. The zero-order chi connectivity index (χ0) is 13.6. The minimum Gasteiger partial charge on any atom is -0.408 e. The van der Waals surface area contributed by atoms with Crippen LogP contribution in [0.5, 0.6) is 0 Å². The van der Waals surface area contributed by atoms with Crippen LogP contribution >= 0.6 is 0 Å². The molecular formula is C15H17N3O2. The lowest BCUT2D eigenvalue weighted by Crippen LogP contribution is -2.49. The summed E-state index contributed by atoms with van der Waals surface area (Å²) in [6.07, 6.45) is 2.10. The topological polar surface area (TPSA) is 51.4 Å². The average molecular weight is 271 g/mol. The Morgan fingerprint density at radius 2 is 2.15 bits per heavy atom. The van der Waals surface area contributed by atoms with E-state index in [1.807, 2.05) is 6.92 Å². The average Bonchev–Trinajstić information content (AvgIpc) is 3.05. The highest BCUT2D eigenvalue weighted by molar-refractivity contribution is 5.41. The number of hydrogen-bond donors (Lipinski definition) is 0. The fourth-order valence-electron chi connectivity index (χ4n) is 3.33. The summed E-state index contributed by atoms with van der Waals surface area (Å²) < 4.78 is 11.7. The minimum absolute atomic E-state index is 0.211. The van der Waals surface area contributed by atoms with Crippen LogP contribution in [0.3, 0.4) is 0 Å². The second kappa shape index (κ2) is 4.31. The second-order valence-corrected chi connectivity index (χ2v) is 5.53. The van der Waals surface area contributed by atoms with E-state index in [0.717, 1.165) is 25.9 Å². The van der Waals surface area contributed by atoms with Crippen molar-refractivity contribution >= 4 is 6.01 Å². The standard InChI is InChI=1S/C15H17N3O2/c1-11-16-17-14(20-11)18-8-9-19-15(10-18)7-6-12-4-2-3-5-13(12)15/h2-5H,6-10H2,1H3. The first-order chi connectivity index (χ1) is 9.77. The molecule has 1 aromatic carbocycles. The van der Waals surface area contributed by atoms with Gasteiger partial charge in [-0.2, -0.15) is 0 Å². The van der Waals surface area contributed by atoms with Gasteiger partial charge in [0.05, 0.1) is 13.2 Å². The molecule has 2 aliphatic rings. The van der Waals surface area contributed by atoms with Crippen molar-refractivity contribution < 1.29 is 9.15 Å². The smallest absolute Gasteiger partial charge is 0.318 e. The maximum atomic E-state index is 6.18. The monoisotopic (exact) mass is 271 g/mol. The number of benzene rings is 1. The molecule has 0 saturated carbocycles. The number of aryl methyl sites for hydroxylation is 2. The Kier molecular flexibility index (Phi) is 2.57. The number of fused-ring (bicyclic) bond motifs is 2. The molecule has 0 bridgehead atoms. The van der Waals surface area contributed by atoms with E-state index in [1.165, 1.54) is 11.1 Å². The van der Waals surface area contributed by atoms with E-state index in [4.69, 9.17) is 9.15 Å². The SMILES string of the molecule is Cc1nnc(N2CCOC3(CCc4ccccc43)C2)o1. The van der Waals surface area contributed by atoms with E-state index in [-0.39, 0.29) is 5.60 Å². The Hall–Kier alpha value is -1.88. The molecule has 1 fully saturated rings. The van der Waals surface area contributed by atoms with Gasteiger partial charge in [-0.15, -0.1) is 5.10 Å². The molecule has 1 saturated heterocycles. The van der Waals surface area contributed by atoms with Gasteiger partial charge in [0.1, 0.15) is 5.60 Å². The Balaban J connectivity index is 1.67. The molecule has 1 spiro atoms. The van der Waals surface area contributed by atoms with Gasteiger partial charge in [-0.25, -0.2) is 0 Å². The Morgan fingerprint density at radius 1 is 1.25 bits per heavy atom. The molecule has 1 aromatic heterocycles. The molecule has 1 aliphatic carbocycles. The third kappa shape index (κ3) is 1.73. The minimum atomic E-state index is -0.211. The van der Waals surface area contributed by atoms with Crippen molar-refractivity contribution in [3.63, 3.8) is 0 Å². The largest absolute Gasteiger partial charge is 0.408 e. The molecule has 1 aliphatic heterocycles. The molecule has 0 radical (unpaired) electrons. The van der Waals surface area contributed by atoms with Gasteiger partial charge >= 0.3 is 6.01 Å². The third-order valence-electron chi connectivity index (χ3n) is 4.28. The normalized spacial score (nSPS) is 25.1. The third-order valence-corrected chi connectivity index (χ3v) is 4.28. The molecule has 5 nitrogen and oxygen atoms in total. The van der Waals surface area contributed by atoms with Crippen LogP contribution in [0.2, 0.25) is 0 Å². The van der Waals surface area contributed by atoms with E-state index in [1.54, 1.807) is 0 Å². The summed E-state index contributed by atoms with van der Waals surface area (Å²) >= 11 is 0. The van der Waals surface area contributed by atoms with Gasteiger partial charge in [0.25, 0.3) is 0 Å². The number of morpholine rings is 1. The molecule has 0 N–H and O–H groups in total. The highest BCUT2D eigenvalue weighted by Crippen LogP contribution is 2.42. The van der Waals surface area contributed by atoms with Crippen LogP contribution in [0.4, 0.5) is 6.01 Å². The summed E-state index contributed by atoms with van der Waals surface area (Å²) in [5.41, 5.74) is 2.51. The van der Waals surface area contributed by atoms with Gasteiger partial charge in [0, 0.05) is 13.5 Å². The van der Waals surface area contributed by atoms with Crippen LogP contribution in [0, 0.1) is 6.92 Å². The first kappa shape index (κ1) is 11.9. The molecule has 2 aromatic rings. The molecular weight excluding hydrogens is 254 g/mol. The second-order valence-electron chi connectivity index (χ2n) is 5.53. The van der Waals surface area contributed by atoms with Gasteiger partial charge < -0.3 is 14.1 Å². The van der Waals surface area contributed by atoms with Crippen molar-refractivity contribution in [1.82, 2.24) is 10.2 Å². The summed E-state index contributed by atoms with van der Waals surface area (Å²) in [5, 5.41) is 8.06. The van der Waals surface area contributed by atoms with E-state index < -0.39 is 0 Å². The summed E-state index contributed by atoms with van der Waals surface area (Å²) in [4.78, 5) is 2.14. The van der Waals surface area contributed by atoms with Crippen LogP contribution in [0.1, 0.15) is 23.4 Å². The number of hydrogen-bond acceptors (Lipinski definition) is 5. The van der Waals surface area contributed by atoms with Crippen molar-refractivity contribution in [3.8, 4) is 0 Å². The summed E-state index contributed by atoms with van der Waals surface area (Å²) in [6.45, 7) is 4.09. The Bertz CT molecular complexity index is 636. The number of ether oxygens (including phenoxy) is 1. The molecule has 4 rings (SSSR count). The van der Waals surface area contributed by atoms with Crippen molar-refractivity contribution in [3.05, 3.63) is 41.3 Å². The highest BCUT2D eigenvalue weighted by atomic mass is 16.5. The van der Waals surface area contributed by atoms with Gasteiger partial charge in [0.2, 0.25) is 5.89 Å². The number of anilines is 1. The zero-order valence-corrected chi connectivity index (χ0v) is 11.5. The van der Waals surface area contributed by atoms with Gasteiger partial charge in [0.15, 0.2) is 0 Å². The molecule has 2 heterocycles. The van der Waals surface area contributed by atoms with Crippen molar-refractivity contribution in [2.24, 2.45) is 0 Å². The van der Waals surface area contributed by atoms with E-state index in [9.17, 15) is 0 Å². The highest BCUT2D eigenvalue weighted by Gasteiger charge is 2.44. The zero-order valence-electron chi connectivity index (χ0n) is 11.5. The fraction of sp³-hybridized carbons (Fsp3) is 0.467. The van der Waals surface area contributed by atoms with E-state index >= 15 is 0 Å². The molecule has 20 heavy (non-hydrogen) atoms. The van der Waals surface area contributed by atoms with E-state index in [0.29, 0.717) is 18.5 Å². The van der Waals surface area contributed by atoms with Crippen molar-refractivity contribution in [2.75, 3.05) is 24.6 Å². The number of aromatic nitrogens is 2. The maximum absolute atomic E-state index is 6.18. The quantitative estimate of drug-likeness (QED) is 0.794. The van der Waals surface area contributed by atoms with Crippen LogP contribution in [-0.2, 0) is 16.8 Å². The van der Waals surface area contributed by atoms with Gasteiger partial charge in [-0.05, 0) is 24.0 Å². The molecule has 1 unspecified atom stereocenters. The van der Waals surface area contributed by atoms with Crippen molar-refractivity contribution in [1.29, 1.82) is 0 Å². The van der Waals surface area contributed by atoms with Crippen LogP contribution < -0.4 is 4.90 Å². The lowest BCUT2D eigenvalue weighted by molar-refractivity contribution is -0.0604. The van der Waals surface area contributed by atoms with Crippen molar-refractivity contribution in [2.45, 2.75) is 25.4 Å². The molecule has 1 atom stereocenters. The summed E-state index contributed by atoms with van der Waals surface area (Å²) in [7, 11) is 0. The Labute approximate surface area is 117 Å². The lowest BCUT2D eigenvalue weighted by atomic mass is 9.94. The predicted octanol–water partition coefficient (Wildman–Crippen LogP) is 2.06. The van der Waals surface area contributed by atoms with Crippen LogP contribution in [0.15, 0.2) is 28.7 Å². The predicted molar refractivity (Wildman–Crippen MR) is 73.6 cm³/mol. The Morgan fingerprint density at radius 3 is 3.00 bits per heavy atom. The molecule has 104 valence electrons. The van der Waals surface area contributed by atoms with Crippen LogP contribution in [-0.4, -0.2) is 29.9 Å². The number of nitrogens with zero attached hydrogens (tertiary/aromatic N) is 3. The number of rotatable bonds is 1. The van der Waals surface area contributed by atoms with Crippen LogP contribution in [0.25, 0.3) is 0 Å². The first-order valence-corrected chi connectivity index (χ1v) is 7.04. The molecule has 5 heteroatoms. The summed E-state index contributed by atoms with van der Waals surface area (Å²) in [5.74, 6) is 0.604. The van der Waals surface area contributed by atoms with Gasteiger partial charge in [-0.1, -0.05) is 29.4 Å². The van der Waals surface area contributed by atoms with E-state index in [2.05, 4.69) is 39.4 Å². The molecule has 0 amide bonds.